The summed E-state index contributed by atoms with van der Waals surface area (Å²) < 4.78 is 0. The van der Waals surface area contributed by atoms with Gasteiger partial charge in [-0.1, -0.05) is 5.92 Å². The van der Waals surface area contributed by atoms with Crippen LogP contribution in [0.15, 0.2) is 0 Å². The molecule has 0 fully saturated rings. The summed E-state index contributed by atoms with van der Waals surface area (Å²) in [5.41, 5.74) is 16.8. The second kappa shape index (κ2) is 8.30. The Labute approximate surface area is 63.4 Å². The predicted molar refractivity (Wildman–Crippen MR) is 37.8 cm³/mol. The van der Waals surface area contributed by atoms with E-state index in [4.69, 9.17) is 22.6 Å². The third-order valence-corrected chi connectivity index (χ3v) is 0.713. The molecule has 0 aromatic rings. The van der Waals surface area contributed by atoms with Crippen molar-refractivity contribution in [3.8, 4) is 12.3 Å². The van der Waals surface area contributed by atoms with Crippen LogP contribution in [0.5, 0.6) is 0 Å². The van der Waals surface area contributed by atoms with Gasteiger partial charge in [0.1, 0.15) is 0 Å². The smallest absolute Gasteiger partial charge is 0.363 e. The van der Waals surface area contributed by atoms with Crippen LogP contribution in [-0.2, 0) is 4.79 Å². The van der Waals surface area contributed by atoms with Gasteiger partial charge in [-0.25, -0.2) is 4.79 Å². The zero-order chi connectivity index (χ0) is 9.28. The molecule has 6 heteroatoms. The Kier molecular flexibility index (Phi) is 9.07. The monoisotopic (exact) mass is 156 g/mol. The van der Waals surface area contributed by atoms with Crippen LogP contribution >= 0.6 is 0 Å². The lowest BCUT2D eigenvalue weighted by Gasteiger charge is -1.93. The van der Waals surface area contributed by atoms with E-state index >= 15 is 0 Å². The van der Waals surface area contributed by atoms with E-state index in [9.17, 15) is 4.79 Å². The van der Waals surface area contributed by atoms with Gasteiger partial charge in [0.2, 0.25) is 0 Å². The minimum atomic E-state index is -0.942. The van der Waals surface area contributed by atoms with E-state index in [1.165, 1.54) is 4.91 Å². The van der Waals surface area contributed by atoms with Crippen LogP contribution in [0.3, 0.4) is 0 Å². The zero-order valence-corrected chi connectivity index (χ0v) is 5.77. The van der Waals surface area contributed by atoms with E-state index < -0.39 is 12.0 Å². The predicted octanol–water partition coefficient (Wildman–Crippen LogP) is -0.429. The number of carbonyl (C=O) groups is 1. The Balaban J connectivity index is 0. The fourth-order valence-corrected chi connectivity index (χ4v) is 0.230. The van der Waals surface area contributed by atoms with Gasteiger partial charge in [-0.15, -0.1) is 6.42 Å². The largest absolute Gasteiger partial charge is 0.477 e. The summed E-state index contributed by atoms with van der Waals surface area (Å²) in [6.45, 7) is 0. The summed E-state index contributed by atoms with van der Waals surface area (Å²) in [5, 5.41) is 8.16. The molecule has 0 heterocycles. The molecule has 1 atom stereocenters. The van der Waals surface area contributed by atoms with Gasteiger partial charge in [0.15, 0.2) is 6.04 Å². The Morgan fingerprint density at radius 3 is 2.27 bits per heavy atom. The molecule has 0 aliphatic heterocycles. The number of carboxylic acids is 1. The number of aliphatic carboxylic acids is 1. The molecule has 0 aliphatic carbocycles. The molecule has 6 nitrogen and oxygen atoms in total. The minimum Gasteiger partial charge on any atom is -0.477 e. The van der Waals surface area contributed by atoms with Crippen LogP contribution in [0.1, 0.15) is 6.42 Å². The molecule has 0 saturated heterocycles. The molecule has 0 bridgehead atoms. The maximum Gasteiger partial charge on any atom is 0.363 e. The fraction of sp³-hybridized carbons (Fsp3) is 0.400. The molecule has 0 saturated carbocycles. The highest BCUT2D eigenvalue weighted by atomic mass is 16.4. The first kappa shape index (κ1) is 12.0. The van der Waals surface area contributed by atoms with Gasteiger partial charge < -0.3 is 21.9 Å². The average molecular weight is 156 g/mol. The lowest BCUT2D eigenvalue weighted by Crippen LogP contribution is -2.64. The van der Waals surface area contributed by atoms with Crippen LogP contribution in [0.4, 0.5) is 0 Å². The Bertz CT molecular complexity index is 189. The zero-order valence-electron chi connectivity index (χ0n) is 5.77. The van der Waals surface area contributed by atoms with Crippen molar-refractivity contribution in [1.82, 2.24) is 0 Å². The number of nitrogens with zero attached hydrogens (tertiary/aromatic N) is 3. The van der Waals surface area contributed by atoms with Crippen molar-refractivity contribution in [2.75, 3.05) is 0 Å². The maximum absolute atomic E-state index is 9.93. The van der Waals surface area contributed by atoms with Gasteiger partial charge in [0.05, 0.1) is 6.42 Å². The number of hydrogen-bond donors (Lipinski definition) is 2. The molecule has 0 aliphatic rings. The van der Waals surface area contributed by atoms with Crippen molar-refractivity contribution in [2.45, 2.75) is 12.5 Å². The standard InChI is InChI=1S/C5H7NO2.N3/c1-2-3-4(6)5(7)8;1-3-2/h1,4H,3,6H2,(H,7,8);/q;-1/p+1. The molecule has 0 aromatic heterocycles. The summed E-state index contributed by atoms with van der Waals surface area (Å²) in [6.07, 6.45) is 5.02. The van der Waals surface area contributed by atoms with Crippen molar-refractivity contribution >= 4 is 5.97 Å². The van der Waals surface area contributed by atoms with Gasteiger partial charge >= 0.3 is 5.97 Å². The fourth-order valence-electron chi connectivity index (χ4n) is 0.230. The average Bonchev–Trinajstić information content (AvgIpc) is 1.90. The van der Waals surface area contributed by atoms with E-state index in [0.29, 0.717) is 0 Å². The highest BCUT2D eigenvalue weighted by Crippen LogP contribution is 1.79. The van der Waals surface area contributed by atoms with Crippen LogP contribution in [0.2, 0.25) is 0 Å². The first-order chi connectivity index (χ1) is 5.09. The topological polar surface area (TPSA) is 124 Å². The molecule has 0 spiro atoms. The lowest BCUT2D eigenvalue weighted by atomic mass is 10.2. The molecule has 0 aromatic carbocycles. The van der Waals surface area contributed by atoms with E-state index in [-0.39, 0.29) is 6.42 Å². The van der Waals surface area contributed by atoms with Crippen LogP contribution in [-0.4, -0.2) is 17.1 Å². The molecule has 60 valence electrons. The Morgan fingerprint density at radius 1 is 1.82 bits per heavy atom. The number of quaternary nitrogens is 1. The van der Waals surface area contributed by atoms with Crippen LogP contribution in [0.25, 0.3) is 16.0 Å². The van der Waals surface area contributed by atoms with Gasteiger partial charge in [-0.3, -0.25) is 4.91 Å². The second-order valence-corrected chi connectivity index (χ2v) is 1.53. The first-order valence-corrected chi connectivity index (χ1v) is 2.58. The quantitative estimate of drug-likeness (QED) is 0.244. The lowest BCUT2D eigenvalue weighted by molar-refractivity contribution is -0.406. The highest BCUT2D eigenvalue weighted by molar-refractivity contribution is 5.71. The molecular formula is C5H8N4O2. The molecule has 0 radical (unpaired) electrons. The van der Waals surface area contributed by atoms with Gasteiger partial charge in [-0.05, 0) is 0 Å². The summed E-state index contributed by atoms with van der Waals surface area (Å²) in [4.78, 5) is 11.4. The summed E-state index contributed by atoms with van der Waals surface area (Å²) in [7, 11) is 0. The molecular weight excluding hydrogens is 148 g/mol. The van der Waals surface area contributed by atoms with Crippen molar-refractivity contribution in [1.29, 1.82) is 0 Å². The normalized spacial score (nSPS) is 9.45. The molecule has 1 unspecified atom stereocenters. The number of hydrogen-bond acceptors (Lipinski definition) is 1. The minimum absolute atomic E-state index is 0.204. The van der Waals surface area contributed by atoms with Crippen molar-refractivity contribution in [2.24, 2.45) is 0 Å². The van der Waals surface area contributed by atoms with E-state index in [1.54, 1.807) is 0 Å². The maximum atomic E-state index is 9.93. The highest BCUT2D eigenvalue weighted by Gasteiger charge is 2.11. The number of carboxylic acid groups (broad SMARTS) is 1. The third kappa shape index (κ3) is 11.7. The second-order valence-electron chi connectivity index (χ2n) is 1.53. The van der Waals surface area contributed by atoms with Crippen molar-refractivity contribution < 1.29 is 15.6 Å². The molecule has 0 amide bonds. The van der Waals surface area contributed by atoms with Crippen LogP contribution < -0.4 is 5.73 Å². The SMILES string of the molecule is C#CCC([NH3+])C(=O)O.[N-]=[N+]=[N-]. The van der Waals surface area contributed by atoms with Crippen molar-refractivity contribution in [3.05, 3.63) is 16.0 Å². The van der Waals surface area contributed by atoms with Crippen LogP contribution in [0, 0.1) is 12.3 Å². The summed E-state index contributed by atoms with van der Waals surface area (Å²) in [6, 6.07) is -0.653. The van der Waals surface area contributed by atoms with E-state index in [2.05, 4.69) is 11.7 Å². The van der Waals surface area contributed by atoms with Gasteiger partial charge in [0, 0.05) is 0 Å². The Morgan fingerprint density at radius 2 is 2.18 bits per heavy atom. The Hall–Kier alpha value is -1.70. The van der Waals surface area contributed by atoms with Crippen molar-refractivity contribution in [3.63, 3.8) is 0 Å². The van der Waals surface area contributed by atoms with E-state index in [0.717, 1.165) is 0 Å². The summed E-state index contributed by atoms with van der Waals surface area (Å²) >= 11 is 0. The number of rotatable bonds is 2. The summed E-state index contributed by atoms with van der Waals surface area (Å²) in [5.74, 6) is 1.26. The molecule has 4 N–H and O–H groups in total. The molecule has 11 heavy (non-hydrogen) atoms. The number of terminal acetylenes is 1. The van der Waals surface area contributed by atoms with Gasteiger partial charge in [-0.2, -0.15) is 0 Å². The molecule has 0 rings (SSSR count). The third-order valence-electron chi connectivity index (χ3n) is 0.713. The van der Waals surface area contributed by atoms with Gasteiger partial charge in [0.25, 0.3) is 0 Å². The first-order valence-electron chi connectivity index (χ1n) is 2.58. The van der Waals surface area contributed by atoms with E-state index in [1.807, 2.05) is 0 Å².